The summed E-state index contributed by atoms with van der Waals surface area (Å²) < 4.78 is 0. The molecular weight excluding hydrogens is 101 g/mol. The van der Waals surface area contributed by atoms with Gasteiger partial charge in [0.25, 0.3) is 0 Å². The van der Waals surface area contributed by atoms with E-state index in [2.05, 4.69) is 0 Å². The van der Waals surface area contributed by atoms with Crippen molar-refractivity contribution in [3.05, 3.63) is 0 Å². The predicted molar refractivity (Wildman–Crippen MR) is 23.3 cm³/mol. The SMILES string of the molecule is CCC(N)C(=O)[O-].[Li+]. The fourth-order valence-corrected chi connectivity index (χ4v) is 0.167. The summed E-state index contributed by atoms with van der Waals surface area (Å²) in [6.07, 6.45) is 0.433. The summed E-state index contributed by atoms with van der Waals surface area (Å²) in [5.74, 6) is -1.18. The molecule has 4 heteroatoms. The molecule has 0 saturated heterocycles. The maximum Gasteiger partial charge on any atom is 1.00 e. The molecule has 0 rings (SSSR count). The Kier molecular flexibility index (Phi) is 7.05. The van der Waals surface area contributed by atoms with Crippen LogP contribution < -0.4 is 29.7 Å². The van der Waals surface area contributed by atoms with Gasteiger partial charge in [0.15, 0.2) is 0 Å². The van der Waals surface area contributed by atoms with E-state index in [1.807, 2.05) is 0 Å². The fourth-order valence-electron chi connectivity index (χ4n) is 0.167. The van der Waals surface area contributed by atoms with Gasteiger partial charge in [-0.2, -0.15) is 0 Å². The van der Waals surface area contributed by atoms with Crippen LogP contribution in [-0.2, 0) is 4.79 Å². The Balaban J connectivity index is 0. The van der Waals surface area contributed by atoms with E-state index in [9.17, 15) is 9.90 Å². The fraction of sp³-hybridized carbons (Fsp3) is 0.750. The molecule has 0 aliphatic heterocycles. The minimum absolute atomic E-state index is 0. The molecule has 0 aromatic carbocycles. The van der Waals surface area contributed by atoms with Gasteiger partial charge in [-0.25, -0.2) is 0 Å². The Morgan fingerprint density at radius 1 is 1.88 bits per heavy atom. The molecule has 1 atom stereocenters. The van der Waals surface area contributed by atoms with Crippen LogP contribution in [0, 0.1) is 0 Å². The second kappa shape index (κ2) is 5.17. The molecule has 0 aliphatic rings. The third kappa shape index (κ3) is 4.19. The molecule has 0 spiro atoms. The van der Waals surface area contributed by atoms with Crippen molar-refractivity contribution < 1.29 is 28.8 Å². The molecule has 0 fully saturated rings. The number of carbonyl (C=O) groups is 1. The molecule has 1 unspecified atom stereocenters. The van der Waals surface area contributed by atoms with Crippen molar-refractivity contribution in [2.24, 2.45) is 5.73 Å². The van der Waals surface area contributed by atoms with Gasteiger partial charge in [0, 0.05) is 6.04 Å². The van der Waals surface area contributed by atoms with Gasteiger partial charge >= 0.3 is 18.9 Å². The summed E-state index contributed by atoms with van der Waals surface area (Å²) in [5, 5.41) is 9.69. The number of carboxylic acids is 1. The van der Waals surface area contributed by atoms with E-state index < -0.39 is 12.0 Å². The molecular formula is C4H8LiNO2. The first-order valence-electron chi connectivity index (χ1n) is 2.15. The first-order chi connectivity index (χ1) is 3.18. The molecule has 8 heavy (non-hydrogen) atoms. The van der Waals surface area contributed by atoms with Crippen LogP contribution in [0.5, 0.6) is 0 Å². The molecule has 0 bridgehead atoms. The number of nitrogens with two attached hydrogens (primary N) is 1. The summed E-state index contributed by atoms with van der Waals surface area (Å²) in [5.41, 5.74) is 4.95. The summed E-state index contributed by atoms with van der Waals surface area (Å²) in [7, 11) is 0. The summed E-state index contributed by atoms with van der Waals surface area (Å²) in [6.45, 7) is 1.69. The predicted octanol–water partition coefficient (Wildman–Crippen LogP) is -4.52. The zero-order valence-corrected chi connectivity index (χ0v) is 5.18. The Labute approximate surface area is 60.4 Å². The molecule has 0 amide bonds. The van der Waals surface area contributed by atoms with E-state index in [0.717, 1.165) is 0 Å². The summed E-state index contributed by atoms with van der Waals surface area (Å²) >= 11 is 0. The summed E-state index contributed by atoms with van der Waals surface area (Å²) in [4.78, 5) is 9.69. The van der Waals surface area contributed by atoms with Crippen LogP contribution in [0.4, 0.5) is 0 Å². The molecule has 42 valence electrons. The number of rotatable bonds is 2. The van der Waals surface area contributed by atoms with Crippen molar-refractivity contribution in [1.82, 2.24) is 0 Å². The first-order valence-corrected chi connectivity index (χ1v) is 2.15. The maximum absolute atomic E-state index is 9.69. The second-order valence-corrected chi connectivity index (χ2v) is 1.33. The Morgan fingerprint density at radius 3 is 2.25 bits per heavy atom. The van der Waals surface area contributed by atoms with E-state index in [-0.39, 0.29) is 18.9 Å². The van der Waals surface area contributed by atoms with Crippen molar-refractivity contribution in [1.29, 1.82) is 0 Å². The van der Waals surface area contributed by atoms with Crippen molar-refractivity contribution in [2.45, 2.75) is 19.4 Å². The van der Waals surface area contributed by atoms with Crippen molar-refractivity contribution in [2.75, 3.05) is 0 Å². The molecule has 0 aromatic rings. The molecule has 0 saturated carbocycles. The maximum atomic E-state index is 9.69. The van der Waals surface area contributed by atoms with Crippen LogP contribution in [0.15, 0.2) is 0 Å². The van der Waals surface area contributed by atoms with E-state index in [1.165, 1.54) is 0 Å². The Bertz CT molecular complexity index is 76.4. The number of carboxylic acid groups (broad SMARTS) is 1. The van der Waals surface area contributed by atoms with Gasteiger partial charge in [-0.3, -0.25) is 0 Å². The van der Waals surface area contributed by atoms with Gasteiger partial charge in [-0.15, -0.1) is 0 Å². The monoisotopic (exact) mass is 109 g/mol. The zero-order chi connectivity index (χ0) is 5.86. The third-order valence-electron chi connectivity index (χ3n) is 0.743. The normalized spacial score (nSPS) is 11.8. The van der Waals surface area contributed by atoms with Crippen molar-refractivity contribution in [3.63, 3.8) is 0 Å². The molecule has 0 aromatic heterocycles. The van der Waals surface area contributed by atoms with E-state index in [0.29, 0.717) is 6.42 Å². The Hall–Kier alpha value is 0.0274. The average Bonchev–Trinajstić information content (AvgIpc) is 1.65. The van der Waals surface area contributed by atoms with Gasteiger partial charge in [0.2, 0.25) is 0 Å². The first kappa shape index (κ1) is 10.9. The van der Waals surface area contributed by atoms with Gasteiger partial charge in [0.1, 0.15) is 0 Å². The van der Waals surface area contributed by atoms with Crippen molar-refractivity contribution in [3.8, 4) is 0 Å². The van der Waals surface area contributed by atoms with E-state index in [4.69, 9.17) is 5.73 Å². The smallest absolute Gasteiger partial charge is 0.548 e. The van der Waals surface area contributed by atoms with Gasteiger partial charge in [-0.05, 0) is 6.42 Å². The van der Waals surface area contributed by atoms with Crippen LogP contribution in [0.2, 0.25) is 0 Å². The largest absolute Gasteiger partial charge is 1.00 e. The standard InChI is InChI=1S/C4H9NO2.Li/c1-2-3(5)4(6)7;/h3H,2,5H2,1H3,(H,6,7);/q;+1/p-1. The van der Waals surface area contributed by atoms with Crippen LogP contribution in [-0.4, -0.2) is 12.0 Å². The molecule has 0 aliphatic carbocycles. The molecule has 0 heterocycles. The summed E-state index contributed by atoms with van der Waals surface area (Å²) in [6, 6.07) is -0.792. The number of hydrogen-bond acceptors (Lipinski definition) is 3. The minimum Gasteiger partial charge on any atom is -0.548 e. The zero-order valence-electron chi connectivity index (χ0n) is 5.18. The Morgan fingerprint density at radius 2 is 2.25 bits per heavy atom. The number of aliphatic carboxylic acids is 1. The average molecular weight is 109 g/mol. The topological polar surface area (TPSA) is 66.2 Å². The van der Waals surface area contributed by atoms with Crippen LogP contribution in [0.25, 0.3) is 0 Å². The molecule has 3 nitrogen and oxygen atoms in total. The van der Waals surface area contributed by atoms with E-state index in [1.54, 1.807) is 6.92 Å². The van der Waals surface area contributed by atoms with Gasteiger partial charge in [-0.1, -0.05) is 6.92 Å². The molecule has 0 radical (unpaired) electrons. The van der Waals surface area contributed by atoms with Gasteiger partial charge in [0.05, 0.1) is 5.97 Å². The number of carbonyl (C=O) groups excluding carboxylic acids is 1. The molecule has 2 N–H and O–H groups in total. The van der Waals surface area contributed by atoms with Crippen LogP contribution in [0.1, 0.15) is 13.3 Å². The van der Waals surface area contributed by atoms with E-state index >= 15 is 0 Å². The third-order valence-corrected chi connectivity index (χ3v) is 0.743. The number of hydrogen-bond donors (Lipinski definition) is 1. The van der Waals surface area contributed by atoms with Crippen LogP contribution >= 0.6 is 0 Å². The van der Waals surface area contributed by atoms with Crippen molar-refractivity contribution >= 4 is 5.97 Å². The van der Waals surface area contributed by atoms with Crippen LogP contribution in [0.3, 0.4) is 0 Å². The van der Waals surface area contributed by atoms with Gasteiger partial charge < -0.3 is 15.6 Å². The minimum atomic E-state index is -1.18. The quantitative estimate of drug-likeness (QED) is 0.363. The second-order valence-electron chi connectivity index (χ2n) is 1.33.